The second-order valence-electron chi connectivity index (χ2n) is 9.04. The maximum atomic E-state index is 13.5. The molecule has 1 aromatic heterocycles. The first-order valence-electron chi connectivity index (χ1n) is 11.5. The number of ether oxygens (including phenoxy) is 2. The van der Waals surface area contributed by atoms with E-state index >= 15 is 0 Å². The van der Waals surface area contributed by atoms with E-state index in [0.29, 0.717) is 35.9 Å². The first kappa shape index (κ1) is 24.3. The predicted molar refractivity (Wildman–Crippen MR) is 127 cm³/mol. The van der Waals surface area contributed by atoms with Crippen LogP contribution in [-0.4, -0.2) is 41.5 Å². The first-order chi connectivity index (χ1) is 16.8. The van der Waals surface area contributed by atoms with Crippen LogP contribution in [0.5, 0.6) is 11.5 Å². The summed E-state index contributed by atoms with van der Waals surface area (Å²) >= 11 is 0. The van der Waals surface area contributed by atoms with E-state index in [1.54, 1.807) is 4.90 Å². The molecule has 0 fully saturated rings. The van der Waals surface area contributed by atoms with Crippen LogP contribution < -0.4 is 9.47 Å². The smallest absolute Gasteiger partial charge is 0.254 e. The van der Waals surface area contributed by atoms with Gasteiger partial charge in [0.15, 0.2) is 11.5 Å². The lowest BCUT2D eigenvalue weighted by molar-refractivity contribution is -0.133. The van der Waals surface area contributed by atoms with Crippen LogP contribution in [0.2, 0.25) is 0 Å². The molecule has 7 nitrogen and oxygen atoms in total. The van der Waals surface area contributed by atoms with E-state index in [1.807, 2.05) is 51.1 Å². The summed E-state index contributed by atoms with van der Waals surface area (Å²) in [5.74, 6) is 1.88. The largest absolute Gasteiger partial charge is 0.464 e. The molecule has 0 N–H and O–H groups in total. The molecule has 0 bridgehead atoms. The van der Waals surface area contributed by atoms with E-state index in [9.17, 15) is 14.0 Å². The van der Waals surface area contributed by atoms with Crippen molar-refractivity contribution in [3.63, 3.8) is 0 Å². The molecule has 0 spiro atoms. The highest BCUT2D eigenvalue weighted by Crippen LogP contribution is 2.33. The Labute approximate surface area is 204 Å². The second-order valence-corrected chi connectivity index (χ2v) is 9.04. The van der Waals surface area contributed by atoms with Gasteiger partial charge in [-0.2, -0.15) is 0 Å². The number of hydrogen-bond acceptors (Lipinski definition) is 5. The Morgan fingerprint density at radius 3 is 2.37 bits per heavy atom. The van der Waals surface area contributed by atoms with Crippen molar-refractivity contribution >= 4 is 11.8 Å². The Morgan fingerprint density at radius 1 is 0.943 bits per heavy atom. The maximum absolute atomic E-state index is 13.5. The Morgan fingerprint density at radius 2 is 1.69 bits per heavy atom. The van der Waals surface area contributed by atoms with Crippen molar-refractivity contribution in [2.45, 2.75) is 33.9 Å². The van der Waals surface area contributed by atoms with Gasteiger partial charge in [-0.3, -0.25) is 9.59 Å². The molecule has 3 aromatic rings. The van der Waals surface area contributed by atoms with Gasteiger partial charge >= 0.3 is 0 Å². The number of nitrogens with zero attached hydrogens (tertiary/aromatic N) is 2. The molecule has 8 heteroatoms. The van der Waals surface area contributed by atoms with Gasteiger partial charge in [-0.05, 0) is 66.9 Å². The zero-order chi connectivity index (χ0) is 24.9. The second kappa shape index (κ2) is 10.6. The van der Waals surface area contributed by atoms with Gasteiger partial charge in [0.05, 0.1) is 6.54 Å². The third kappa shape index (κ3) is 6.20. The lowest BCUT2D eigenvalue weighted by Gasteiger charge is -2.28. The highest BCUT2D eigenvalue weighted by molar-refractivity contribution is 5.96. The number of hydrogen-bond donors (Lipinski definition) is 0. The number of carbonyl (C=O) groups is 2. The van der Waals surface area contributed by atoms with E-state index < -0.39 is 5.82 Å². The summed E-state index contributed by atoms with van der Waals surface area (Å²) in [5, 5.41) is 0. The van der Waals surface area contributed by atoms with Crippen molar-refractivity contribution in [3.8, 4) is 11.5 Å². The molecule has 0 atom stereocenters. The molecule has 0 aliphatic carbocycles. The van der Waals surface area contributed by atoms with Crippen LogP contribution in [0, 0.1) is 18.7 Å². The first-order valence-corrected chi connectivity index (χ1v) is 11.5. The summed E-state index contributed by atoms with van der Waals surface area (Å²) in [6.07, 6.45) is 0. The molecule has 0 saturated heterocycles. The molecule has 4 rings (SSSR count). The number of benzene rings is 2. The normalized spacial score (nSPS) is 12.1. The van der Waals surface area contributed by atoms with Gasteiger partial charge in [-0.1, -0.05) is 19.9 Å². The average molecular weight is 481 g/mol. The topological polar surface area (TPSA) is 72.2 Å². The number of aryl methyl sites for hydroxylation is 1. The van der Waals surface area contributed by atoms with Crippen LogP contribution in [0.3, 0.4) is 0 Å². The highest BCUT2D eigenvalue weighted by Gasteiger charge is 2.25. The van der Waals surface area contributed by atoms with Gasteiger partial charge < -0.3 is 23.7 Å². The summed E-state index contributed by atoms with van der Waals surface area (Å²) < 4.78 is 29.9. The molecule has 1 aliphatic rings. The van der Waals surface area contributed by atoms with Crippen molar-refractivity contribution in [3.05, 3.63) is 83.1 Å². The maximum Gasteiger partial charge on any atom is 0.254 e. The molecule has 2 aromatic carbocycles. The third-order valence-corrected chi connectivity index (χ3v) is 5.60. The van der Waals surface area contributed by atoms with Gasteiger partial charge in [-0.15, -0.1) is 0 Å². The molecule has 2 heterocycles. The van der Waals surface area contributed by atoms with Crippen molar-refractivity contribution in [1.82, 2.24) is 9.80 Å². The summed E-state index contributed by atoms with van der Waals surface area (Å²) in [6.45, 7) is 6.80. The Kier molecular flexibility index (Phi) is 7.39. The summed E-state index contributed by atoms with van der Waals surface area (Å²) in [6, 6.07) is 14.6. The minimum atomic E-state index is -0.420. The monoisotopic (exact) mass is 480 g/mol. The van der Waals surface area contributed by atoms with Crippen LogP contribution in [0.15, 0.2) is 59.0 Å². The lowest BCUT2D eigenvalue weighted by atomic mass is 10.1. The Balaban J connectivity index is 1.55. The SMILES string of the molecule is Cc1ccc(CN(Cc2ccc3c(c2)OCO3)C(=O)CN(CC(C)C)C(=O)c2ccc(F)cc2)o1. The predicted octanol–water partition coefficient (Wildman–Crippen LogP) is 4.78. The number of rotatable bonds is 9. The molecule has 35 heavy (non-hydrogen) atoms. The molecule has 2 amide bonds. The van der Waals surface area contributed by atoms with Gasteiger partial charge in [0.1, 0.15) is 23.9 Å². The van der Waals surface area contributed by atoms with Gasteiger partial charge in [0, 0.05) is 18.7 Å². The molecular weight excluding hydrogens is 451 g/mol. The van der Waals surface area contributed by atoms with E-state index in [1.165, 1.54) is 29.2 Å². The highest BCUT2D eigenvalue weighted by atomic mass is 19.1. The molecule has 0 radical (unpaired) electrons. The van der Waals surface area contributed by atoms with Gasteiger partial charge in [0.25, 0.3) is 5.91 Å². The Bertz CT molecular complexity index is 1190. The lowest BCUT2D eigenvalue weighted by Crippen LogP contribution is -2.43. The summed E-state index contributed by atoms with van der Waals surface area (Å²) in [4.78, 5) is 29.9. The zero-order valence-corrected chi connectivity index (χ0v) is 20.1. The van der Waals surface area contributed by atoms with Crippen LogP contribution in [0.25, 0.3) is 0 Å². The number of amides is 2. The van der Waals surface area contributed by atoms with Crippen molar-refractivity contribution in [2.24, 2.45) is 5.92 Å². The Hall–Kier alpha value is -3.81. The number of carbonyl (C=O) groups excluding carboxylic acids is 2. The van der Waals surface area contributed by atoms with Crippen LogP contribution in [0.4, 0.5) is 4.39 Å². The van der Waals surface area contributed by atoms with E-state index in [2.05, 4.69) is 0 Å². The standard InChI is InChI=1S/C27H29FN2O5/c1-18(2)13-30(27(32)21-6-8-22(28)9-7-21)16-26(31)29(15-23-10-4-19(3)35-23)14-20-5-11-24-25(12-20)34-17-33-24/h4-12,18H,13-17H2,1-3H3. The van der Waals surface area contributed by atoms with E-state index in [-0.39, 0.29) is 37.6 Å². The van der Waals surface area contributed by atoms with E-state index in [4.69, 9.17) is 13.9 Å². The van der Waals surface area contributed by atoms with Crippen LogP contribution in [-0.2, 0) is 17.9 Å². The molecular formula is C27H29FN2O5. The van der Waals surface area contributed by atoms with E-state index in [0.717, 1.165) is 11.3 Å². The quantitative estimate of drug-likeness (QED) is 0.441. The van der Waals surface area contributed by atoms with Crippen LogP contribution >= 0.6 is 0 Å². The van der Waals surface area contributed by atoms with Gasteiger partial charge in [-0.25, -0.2) is 4.39 Å². The van der Waals surface area contributed by atoms with Crippen molar-refractivity contribution in [2.75, 3.05) is 19.9 Å². The van der Waals surface area contributed by atoms with Crippen LogP contribution in [0.1, 0.15) is 41.3 Å². The minimum absolute atomic E-state index is 0.112. The number of halogens is 1. The van der Waals surface area contributed by atoms with Gasteiger partial charge in [0.2, 0.25) is 12.7 Å². The molecule has 0 unspecified atom stereocenters. The number of fused-ring (bicyclic) bond motifs is 1. The van der Waals surface area contributed by atoms with Crippen molar-refractivity contribution < 1.29 is 27.9 Å². The third-order valence-electron chi connectivity index (χ3n) is 5.60. The molecule has 1 aliphatic heterocycles. The molecule has 184 valence electrons. The zero-order valence-electron chi connectivity index (χ0n) is 20.1. The summed E-state index contributed by atoms with van der Waals surface area (Å²) in [5.41, 5.74) is 1.20. The fourth-order valence-corrected chi connectivity index (χ4v) is 3.95. The number of furan rings is 1. The summed E-state index contributed by atoms with van der Waals surface area (Å²) in [7, 11) is 0. The van der Waals surface area contributed by atoms with Crippen molar-refractivity contribution in [1.29, 1.82) is 0 Å². The molecule has 0 saturated carbocycles. The minimum Gasteiger partial charge on any atom is -0.464 e. The fourth-order valence-electron chi connectivity index (χ4n) is 3.95. The fraction of sp³-hybridized carbons (Fsp3) is 0.333. The average Bonchev–Trinajstić information content (AvgIpc) is 3.46.